The van der Waals surface area contributed by atoms with Crippen molar-refractivity contribution in [3.63, 3.8) is 0 Å². The van der Waals surface area contributed by atoms with Crippen molar-refractivity contribution in [2.45, 2.75) is 33.0 Å². The van der Waals surface area contributed by atoms with Gasteiger partial charge in [0.2, 0.25) is 0 Å². The van der Waals surface area contributed by atoms with Crippen LogP contribution in [-0.2, 0) is 24.4 Å². The number of hydrogen-bond donors (Lipinski definition) is 2. The molecule has 172 valence electrons. The molecule has 0 amide bonds. The van der Waals surface area contributed by atoms with Crippen molar-refractivity contribution in [3.8, 4) is 5.75 Å². The van der Waals surface area contributed by atoms with Gasteiger partial charge in [0.25, 0.3) is 0 Å². The molecule has 0 saturated carbocycles. The smallest absolute Gasteiger partial charge is 0.191 e. The molecule has 0 saturated heterocycles. The minimum absolute atomic E-state index is 0. The number of hydrogen-bond acceptors (Lipinski definition) is 4. The lowest BCUT2D eigenvalue weighted by Gasteiger charge is -2.16. The van der Waals surface area contributed by atoms with Crippen LogP contribution < -0.4 is 15.4 Å². The van der Waals surface area contributed by atoms with Gasteiger partial charge < -0.3 is 25.0 Å². The molecule has 0 fully saturated rings. The van der Waals surface area contributed by atoms with Crippen LogP contribution in [0.3, 0.4) is 0 Å². The monoisotopic (exact) mass is 540 g/mol. The number of guanidine groups is 1. The van der Waals surface area contributed by atoms with Gasteiger partial charge in [-0.1, -0.05) is 36.4 Å². The summed E-state index contributed by atoms with van der Waals surface area (Å²) in [5.74, 6) is 1.67. The first-order valence-corrected chi connectivity index (χ1v) is 10.4. The van der Waals surface area contributed by atoms with Gasteiger partial charge in [-0.2, -0.15) is 0 Å². The molecule has 2 aromatic carbocycles. The summed E-state index contributed by atoms with van der Waals surface area (Å²) in [6, 6.07) is 14.9. The number of aryl methyl sites for hydroxylation is 1. The van der Waals surface area contributed by atoms with Gasteiger partial charge in [-0.05, 0) is 43.8 Å². The molecule has 0 atom stereocenters. The molecule has 2 N–H and O–H groups in total. The predicted molar refractivity (Wildman–Crippen MR) is 139 cm³/mol. The molecule has 2 aromatic rings. The third-order valence-corrected chi connectivity index (χ3v) is 4.62. The van der Waals surface area contributed by atoms with E-state index in [2.05, 4.69) is 84.0 Å². The fraction of sp³-hybridized carbons (Fsp3) is 0.458. The summed E-state index contributed by atoms with van der Waals surface area (Å²) in [7, 11) is 7.65. The maximum atomic E-state index is 5.97. The Bertz CT molecular complexity index is 795. The van der Waals surface area contributed by atoms with Gasteiger partial charge in [0.1, 0.15) is 5.75 Å². The van der Waals surface area contributed by atoms with Gasteiger partial charge in [0.05, 0.1) is 6.61 Å². The van der Waals surface area contributed by atoms with Gasteiger partial charge in [0, 0.05) is 52.4 Å². The zero-order valence-electron chi connectivity index (χ0n) is 19.4. The number of rotatable bonds is 11. The minimum Gasteiger partial charge on any atom is -0.493 e. The lowest BCUT2D eigenvalue weighted by Crippen LogP contribution is -2.36. The molecule has 0 heterocycles. The second-order valence-corrected chi connectivity index (χ2v) is 7.64. The first-order chi connectivity index (χ1) is 14.5. The van der Waals surface area contributed by atoms with Gasteiger partial charge in [-0.25, -0.2) is 0 Å². The normalized spacial score (nSPS) is 11.2. The first kappa shape index (κ1) is 27.2. The lowest BCUT2D eigenvalue weighted by atomic mass is 10.1. The molecule has 0 aliphatic carbocycles. The van der Waals surface area contributed by atoms with E-state index >= 15 is 0 Å². The summed E-state index contributed by atoms with van der Waals surface area (Å²) in [4.78, 5) is 6.51. The SMILES string of the molecule is CN=C(NCc1ccc(CN(C)C)cc1)NCc1ccc(C)cc1OCCCOC.I. The minimum atomic E-state index is 0. The fourth-order valence-electron chi connectivity index (χ4n) is 3.04. The number of nitrogens with one attached hydrogen (secondary N) is 2. The summed E-state index contributed by atoms with van der Waals surface area (Å²) >= 11 is 0. The van der Waals surface area contributed by atoms with Crippen LogP contribution in [0.1, 0.15) is 28.7 Å². The van der Waals surface area contributed by atoms with E-state index in [1.807, 2.05) is 0 Å². The Morgan fingerprint density at radius 1 is 0.968 bits per heavy atom. The molecule has 0 bridgehead atoms. The molecular weight excluding hydrogens is 503 g/mol. The molecule has 0 unspecified atom stereocenters. The Balaban J connectivity index is 0.00000480. The summed E-state index contributed by atoms with van der Waals surface area (Å²) in [6.45, 7) is 5.72. The second kappa shape index (κ2) is 15.0. The number of ether oxygens (including phenoxy) is 2. The van der Waals surface area contributed by atoms with Crippen LogP contribution in [-0.4, -0.2) is 52.3 Å². The Morgan fingerprint density at radius 2 is 1.65 bits per heavy atom. The highest BCUT2D eigenvalue weighted by atomic mass is 127. The van der Waals surface area contributed by atoms with Crippen molar-refractivity contribution in [3.05, 3.63) is 64.7 Å². The molecule has 0 aromatic heterocycles. The maximum Gasteiger partial charge on any atom is 0.191 e. The number of halogens is 1. The van der Waals surface area contributed by atoms with E-state index in [9.17, 15) is 0 Å². The molecule has 0 aliphatic rings. The summed E-state index contributed by atoms with van der Waals surface area (Å²) in [6.07, 6.45) is 0.869. The molecule has 7 heteroatoms. The molecule has 2 rings (SSSR count). The van der Waals surface area contributed by atoms with Gasteiger partial charge >= 0.3 is 0 Å². The Kier molecular flexibility index (Phi) is 13.2. The zero-order valence-corrected chi connectivity index (χ0v) is 21.7. The largest absolute Gasteiger partial charge is 0.493 e. The van der Waals surface area contributed by atoms with Crippen LogP contribution >= 0.6 is 24.0 Å². The van der Waals surface area contributed by atoms with Gasteiger partial charge in [-0.15, -0.1) is 24.0 Å². The quantitative estimate of drug-likeness (QED) is 0.196. The van der Waals surface area contributed by atoms with Crippen molar-refractivity contribution >= 4 is 29.9 Å². The van der Waals surface area contributed by atoms with E-state index in [-0.39, 0.29) is 24.0 Å². The third kappa shape index (κ3) is 10.3. The predicted octanol–water partition coefficient (Wildman–Crippen LogP) is 3.96. The van der Waals surface area contributed by atoms with Crippen LogP contribution in [0.25, 0.3) is 0 Å². The van der Waals surface area contributed by atoms with Crippen LogP contribution in [0.2, 0.25) is 0 Å². The van der Waals surface area contributed by atoms with Gasteiger partial charge in [0.15, 0.2) is 5.96 Å². The topological polar surface area (TPSA) is 58.1 Å². The van der Waals surface area contributed by atoms with E-state index in [1.54, 1.807) is 14.2 Å². The third-order valence-electron chi connectivity index (χ3n) is 4.62. The van der Waals surface area contributed by atoms with E-state index in [0.29, 0.717) is 19.8 Å². The van der Waals surface area contributed by atoms with Crippen molar-refractivity contribution in [1.29, 1.82) is 0 Å². The van der Waals surface area contributed by atoms with E-state index in [0.717, 1.165) is 36.8 Å². The number of methoxy groups -OCH3 is 1. The number of benzene rings is 2. The van der Waals surface area contributed by atoms with Crippen LogP contribution in [0, 0.1) is 6.92 Å². The molecular formula is C24H37IN4O2. The highest BCUT2D eigenvalue weighted by Crippen LogP contribution is 2.20. The van der Waals surface area contributed by atoms with E-state index < -0.39 is 0 Å². The average Bonchev–Trinajstić information content (AvgIpc) is 2.73. The Morgan fingerprint density at radius 3 is 2.29 bits per heavy atom. The fourth-order valence-corrected chi connectivity index (χ4v) is 3.04. The maximum absolute atomic E-state index is 5.97. The van der Waals surface area contributed by atoms with Crippen LogP contribution in [0.5, 0.6) is 5.75 Å². The highest BCUT2D eigenvalue weighted by Gasteiger charge is 2.06. The molecule has 0 spiro atoms. The van der Waals surface area contributed by atoms with Crippen molar-refractivity contribution in [2.75, 3.05) is 41.5 Å². The van der Waals surface area contributed by atoms with Crippen molar-refractivity contribution in [1.82, 2.24) is 15.5 Å². The van der Waals surface area contributed by atoms with Crippen molar-refractivity contribution < 1.29 is 9.47 Å². The lowest BCUT2D eigenvalue weighted by molar-refractivity contribution is 0.171. The van der Waals surface area contributed by atoms with E-state index in [4.69, 9.17) is 9.47 Å². The Labute approximate surface area is 204 Å². The molecule has 0 radical (unpaired) electrons. The second-order valence-electron chi connectivity index (χ2n) is 7.64. The zero-order chi connectivity index (χ0) is 21.8. The van der Waals surface area contributed by atoms with Gasteiger partial charge in [-0.3, -0.25) is 4.99 Å². The van der Waals surface area contributed by atoms with Crippen molar-refractivity contribution in [2.24, 2.45) is 4.99 Å². The summed E-state index contributed by atoms with van der Waals surface area (Å²) < 4.78 is 11.1. The molecule has 6 nitrogen and oxygen atoms in total. The molecule has 0 aliphatic heterocycles. The van der Waals surface area contributed by atoms with E-state index in [1.165, 1.54) is 16.7 Å². The standard InChI is InChI=1S/C24H36N4O2.HI/c1-19-7-12-22(23(15-19)30-14-6-13-29-5)17-27-24(25-2)26-16-20-8-10-21(11-9-20)18-28(3)4;/h7-12,15H,6,13-14,16-18H2,1-5H3,(H2,25,26,27);1H. The number of nitrogens with zero attached hydrogens (tertiary/aromatic N) is 2. The first-order valence-electron chi connectivity index (χ1n) is 10.4. The summed E-state index contributed by atoms with van der Waals surface area (Å²) in [5, 5.41) is 6.76. The number of aliphatic imine (C=N–C) groups is 1. The highest BCUT2D eigenvalue weighted by molar-refractivity contribution is 14.0. The Hall–Kier alpha value is -1.84. The van der Waals surface area contributed by atoms with Crippen LogP contribution in [0.4, 0.5) is 0 Å². The summed E-state index contributed by atoms with van der Waals surface area (Å²) in [5.41, 5.74) is 4.82. The van der Waals surface area contributed by atoms with Crippen LogP contribution in [0.15, 0.2) is 47.5 Å². The molecule has 31 heavy (non-hydrogen) atoms. The average molecular weight is 540 g/mol.